The van der Waals surface area contributed by atoms with E-state index < -0.39 is 0 Å². The number of anilines is 2. The van der Waals surface area contributed by atoms with Gasteiger partial charge < -0.3 is 15.8 Å². The Balaban J connectivity index is 2.68. The Labute approximate surface area is 107 Å². The maximum atomic E-state index is 5.95. The first-order chi connectivity index (χ1) is 8.19. The molecule has 1 heterocycles. The van der Waals surface area contributed by atoms with E-state index in [9.17, 15) is 0 Å². The van der Waals surface area contributed by atoms with Gasteiger partial charge in [0.2, 0.25) is 0 Å². The fourth-order valence-electron chi connectivity index (χ4n) is 1.38. The zero-order valence-corrected chi connectivity index (χ0v) is 11.0. The molecular weight excluding hydrogens is 240 g/mol. The average molecular weight is 259 g/mol. The Hall–Kier alpha value is -1.07. The maximum absolute atomic E-state index is 5.95. The highest BCUT2D eigenvalue weighted by Gasteiger charge is 2.09. The Bertz CT molecular complexity index is 360. The number of nitrogens with zero attached hydrogens (tertiary/aromatic N) is 2. The van der Waals surface area contributed by atoms with E-state index in [0.29, 0.717) is 23.3 Å². The molecule has 0 aliphatic rings. The van der Waals surface area contributed by atoms with Gasteiger partial charge in [0.15, 0.2) is 11.0 Å². The molecule has 0 aliphatic heterocycles. The molecule has 0 aromatic carbocycles. The Kier molecular flexibility index (Phi) is 6.00. The van der Waals surface area contributed by atoms with Crippen LogP contribution in [0.25, 0.3) is 0 Å². The number of nitrogens with one attached hydrogen (secondary N) is 1. The van der Waals surface area contributed by atoms with Crippen LogP contribution in [0.5, 0.6) is 0 Å². The lowest BCUT2D eigenvalue weighted by Gasteiger charge is -2.10. The van der Waals surface area contributed by atoms with Crippen molar-refractivity contribution in [2.45, 2.75) is 26.2 Å². The lowest BCUT2D eigenvalue weighted by Crippen LogP contribution is -2.11. The summed E-state index contributed by atoms with van der Waals surface area (Å²) in [5.41, 5.74) is 6.22. The molecule has 0 unspecified atom stereocenters. The number of aryl methyl sites for hydroxylation is 1. The van der Waals surface area contributed by atoms with E-state index in [2.05, 4.69) is 22.2 Å². The number of nitrogen functional groups attached to an aromatic ring is 1. The van der Waals surface area contributed by atoms with Crippen molar-refractivity contribution >= 4 is 23.1 Å². The third kappa shape index (κ3) is 4.36. The van der Waals surface area contributed by atoms with E-state index in [1.165, 1.54) is 0 Å². The summed E-state index contributed by atoms with van der Waals surface area (Å²) in [6, 6.07) is 0. The van der Waals surface area contributed by atoms with Crippen LogP contribution in [0, 0.1) is 0 Å². The summed E-state index contributed by atoms with van der Waals surface area (Å²) in [6.45, 7) is 3.52. The van der Waals surface area contributed by atoms with Gasteiger partial charge in [-0.25, -0.2) is 9.97 Å². The van der Waals surface area contributed by atoms with Gasteiger partial charge >= 0.3 is 0 Å². The van der Waals surface area contributed by atoms with E-state index in [4.69, 9.17) is 22.1 Å². The minimum absolute atomic E-state index is 0.317. The number of hydrogen-bond acceptors (Lipinski definition) is 5. The van der Waals surface area contributed by atoms with Crippen LogP contribution in [0.2, 0.25) is 5.15 Å². The first-order valence-electron chi connectivity index (χ1n) is 5.73. The number of nitrogens with two attached hydrogens (primary N) is 1. The first kappa shape index (κ1) is 14.0. The summed E-state index contributed by atoms with van der Waals surface area (Å²) in [5.74, 6) is 1.34. The van der Waals surface area contributed by atoms with Crippen molar-refractivity contribution in [2.24, 2.45) is 0 Å². The largest absolute Gasteiger partial charge is 0.393 e. The van der Waals surface area contributed by atoms with Crippen LogP contribution in [0.15, 0.2) is 0 Å². The van der Waals surface area contributed by atoms with E-state index in [1.54, 1.807) is 7.11 Å². The molecule has 0 saturated carbocycles. The van der Waals surface area contributed by atoms with Gasteiger partial charge in [0, 0.05) is 26.7 Å². The Morgan fingerprint density at radius 3 is 2.82 bits per heavy atom. The van der Waals surface area contributed by atoms with Gasteiger partial charge in [-0.1, -0.05) is 18.5 Å². The standard InChI is InChI=1S/C11H19ClN4O/c1-3-5-8-15-10(12)9(13)11(16-8)14-6-4-7-17-2/h3-7,13H2,1-2H3,(H,14,15,16). The topological polar surface area (TPSA) is 73.1 Å². The summed E-state index contributed by atoms with van der Waals surface area (Å²) in [7, 11) is 1.68. The molecule has 0 amide bonds. The molecule has 96 valence electrons. The smallest absolute Gasteiger partial charge is 0.157 e. The lowest BCUT2D eigenvalue weighted by molar-refractivity contribution is 0.198. The van der Waals surface area contributed by atoms with Gasteiger partial charge in [0.1, 0.15) is 11.5 Å². The third-order valence-electron chi connectivity index (χ3n) is 2.24. The second kappa shape index (κ2) is 7.29. The van der Waals surface area contributed by atoms with Gasteiger partial charge in [0.05, 0.1) is 0 Å². The highest BCUT2D eigenvalue weighted by Crippen LogP contribution is 2.23. The van der Waals surface area contributed by atoms with E-state index >= 15 is 0 Å². The zero-order valence-electron chi connectivity index (χ0n) is 10.3. The van der Waals surface area contributed by atoms with Crippen molar-refractivity contribution < 1.29 is 4.74 Å². The van der Waals surface area contributed by atoms with Crippen LogP contribution in [-0.4, -0.2) is 30.2 Å². The van der Waals surface area contributed by atoms with E-state index in [-0.39, 0.29) is 0 Å². The molecule has 1 aromatic rings. The summed E-state index contributed by atoms with van der Waals surface area (Å²) >= 11 is 5.95. The van der Waals surface area contributed by atoms with Crippen molar-refractivity contribution in [1.29, 1.82) is 0 Å². The van der Waals surface area contributed by atoms with Crippen LogP contribution < -0.4 is 11.1 Å². The van der Waals surface area contributed by atoms with Crippen LogP contribution in [0.3, 0.4) is 0 Å². The first-order valence-corrected chi connectivity index (χ1v) is 6.11. The number of aromatic nitrogens is 2. The molecule has 3 N–H and O–H groups in total. The molecule has 0 bridgehead atoms. The van der Waals surface area contributed by atoms with Gasteiger partial charge in [-0.05, 0) is 12.8 Å². The number of rotatable bonds is 7. The van der Waals surface area contributed by atoms with Crippen LogP contribution >= 0.6 is 11.6 Å². The zero-order chi connectivity index (χ0) is 12.7. The summed E-state index contributed by atoms with van der Waals surface area (Å²) in [6.07, 6.45) is 2.66. The van der Waals surface area contributed by atoms with Gasteiger partial charge in [0.25, 0.3) is 0 Å². The number of halogens is 1. The van der Waals surface area contributed by atoms with Crippen molar-refractivity contribution in [3.63, 3.8) is 0 Å². The molecule has 17 heavy (non-hydrogen) atoms. The molecular formula is C11H19ClN4O. The van der Waals surface area contributed by atoms with Crippen molar-refractivity contribution in [3.05, 3.63) is 11.0 Å². The normalized spacial score (nSPS) is 10.5. The number of methoxy groups -OCH3 is 1. The SMILES string of the molecule is CCCc1nc(Cl)c(N)c(NCCCOC)n1. The van der Waals surface area contributed by atoms with Crippen LogP contribution in [-0.2, 0) is 11.2 Å². The fraction of sp³-hybridized carbons (Fsp3) is 0.636. The highest BCUT2D eigenvalue weighted by atomic mass is 35.5. The summed E-state index contributed by atoms with van der Waals surface area (Å²) in [4.78, 5) is 8.48. The number of ether oxygens (including phenoxy) is 1. The average Bonchev–Trinajstić information content (AvgIpc) is 2.31. The quantitative estimate of drug-likeness (QED) is 0.579. The summed E-state index contributed by atoms with van der Waals surface area (Å²) < 4.78 is 4.97. The van der Waals surface area contributed by atoms with Crippen molar-refractivity contribution in [3.8, 4) is 0 Å². The molecule has 1 aromatic heterocycles. The van der Waals surface area contributed by atoms with E-state index in [0.717, 1.165) is 31.6 Å². The highest BCUT2D eigenvalue weighted by molar-refractivity contribution is 6.32. The van der Waals surface area contributed by atoms with Crippen LogP contribution in [0.1, 0.15) is 25.6 Å². The second-order valence-corrected chi connectivity index (χ2v) is 4.07. The summed E-state index contributed by atoms with van der Waals surface area (Å²) in [5, 5.41) is 3.46. The molecule has 0 radical (unpaired) electrons. The van der Waals surface area contributed by atoms with Crippen LogP contribution in [0.4, 0.5) is 11.5 Å². The fourth-order valence-corrected chi connectivity index (χ4v) is 1.57. The van der Waals surface area contributed by atoms with E-state index in [1.807, 2.05) is 0 Å². The Morgan fingerprint density at radius 2 is 2.18 bits per heavy atom. The van der Waals surface area contributed by atoms with Crippen molar-refractivity contribution in [1.82, 2.24) is 9.97 Å². The monoisotopic (exact) mass is 258 g/mol. The second-order valence-electron chi connectivity index (χ2n) is 3.72. The molecule has 6 heteroatoms. The van der Waals surface area contributed by atoms with Crippen molar-refractivity contribution in [2.75, 3.05) is 31.3 Å². The molecule has 5 nitrogen and oxygen atoms in total. The maximum Gasteiger partial charge on any atom is 0.157 e. The Morgan fingerprint density at radius 1 is 1.41 bits per heavy atom. The predicted molar refractivity (Wildman–Crippen MR) is 70.4 cm³/mol. The van der Waals surface area contributed by atoms with Gasteiger partial charge in [-0.3, -0.25) is 0 Å². The predicted octanol–water partition coefficient (Wildman–Crippen LogP) is 2.11. The van der Waals surface area contributed by atoms with Gasteiger partial charge in [-0.2, -0.15) is 0 Å². The molecule has 1 rings (SSSR count). The molecule has 0 saturated heterocycles. The number of hydrogen-bond donors (Lipinski definition) is 2. The molecule has 0 fully saturated rings. The molecule has 0 atom stereocenters. The minimum atomic E-state index is 0.317. The molecule has 0 aliphatic carbocycles. The molecule has 0 spiro atoms. The third-order valence-corrected chi connectivity index (χ3v) is 2.52. The van der Waals surface area contributed by atoms with Gasteiger partial charge in [-0.15, -0.1) is 0 Å². The minimum Gasteiger partial charge on any atom is -0.393 e. The lowest BCUT2D eigenvalue weighted by atomic mass is 10.3.